The van der Waals surface area contributed by atoms with E-state index in [1.165, 1.54) is 18.4 Å². The van der Waals surface area contributed by atoms with E-state index in [4.69, 9.17) is 9.47 Å². The van der Waals surface area contributed by atoms with Gasteiger partial charge in [0.25, 0.3) is 0 Å². The first-order valence-electron chi connectivity index (χ1n) is 9.02. The van der Waals surface area contributed by atoms with Crippen LogP contribution in [0, 0.1) is 0 Å². The summed E-state index contributed by atoms with van der Waals surface area (Å²) in [6.07, 6.45) is 6.05. The average molecular weight is 330 g/mol. The number of nitrogens with one attached hydrogen (secondary N) is 1. The molecule has 0 spiro atoms. The summed E-state index contributed by atoms with van der Waals surface area (Å²) in [5.41, 5.74) is 1.10. The van der Waals surface area contributed by atoms with Crippen LogP contribution in [0.15, 0.2) is 18.2 Å². The van der Waals surface area contributed by atoms with Gasteiger partial charge in [-0.15, -0.1) is 0 Å². The monoisotopic (exact) mass is 330 g/mol. The van der Waals surface area contributed by atoms with E-state index in [1.807, 2.05) is 11.0 Å². The summed E-state index contributed by atoms with van der Waals surface area (Å²) in [6, 6.07) is 6.34. The molecule has 1 N–H and O–H groups in total. The van der Waals surface area contributed by atoms with Gasteiger partial charge in [-0.1, -0.05) is 6.07 Å². The number of rotatable bonds is 4. The fourth-order valence-corrected chi connectivity index (χ4v) is 4.63. The highest BCUT2D eigenvalue weighted by Crippen LogP contribution is 2.46. The van der Waals surface area contributed by atoms with Crippen molar-refractivity contribution >= 4 is 6.03 Å². The molecule has 1 aliphatic carbocycles. The lowest BCUT2D eigenvalue weighted by molar-refractivity contribution is 0.190. The van der Waals surface area contributed by atoms with E-state index in [9.17, 15) is 4.79 Å². The Morgan fingerprint density at radius 2 is 2.00 bits per heavy atom. The van der Waals surface area contributed by atoms with Crippen LogP contribution in [0.1, 0.15) is 50.5 Å². The molecule has 130 valence electrons. The highest BCUT2D eigenvalue weighted by molar-refractivity contribution is 5.78. The zero-order chi connectivity index (χ0) is 16.7. The van der Waals surface area contributed by atoms with Crippen molar-refractivity contribution in [3.05, 3.63) is 23.8 Å². The van der Waals surface area contributed by atoms with Gasteiger partial charge in [0.1, 0.15) is 0 Å². The summed E-state index contributed by atoms with van der Waals surface area (Å²) >= 11 is 0. The Balaban J connectivity index is 1.62. The molecule has 0 aromatic heterocycles. The lowest BCUT2D eigenvalue weighted by atomic mass is 9.81. The van der Waals surface area contributed by atoms with Gasteiger partial charge in [-0.2, -0.15) is 0 Å². The van der Waals surface area contributed by atoms with Gasteiger partial charge >= 0.3 is 6.03 Å². The molecule has 2 saturated heterocycles. The molecule has 3 aliphatic rings. The largest absolute Gasteiger partial charge is 0.493 e. The molecule has 2 aliphatic heterocycles. The third-order valence-corrected chi connectivity index (χ3v) is 6.04. The third-order valence-electron chi connectivity index (χ3n) is 6.04. The molecule has 2 amide bonds. The molecule has 4 rings (SSSR count). The Morgan fingerprint density at radius 3 is 2.75 bits per heavy atom. The summed E-state index contributed by atoms with van der Waals surface area (Å²) in [4.78, 5) is 14.0. The average Bonchev–Trinajstić information content (AvgIpc) is 3.26. The molecule has 1 saturated carbocycles. The zero-order valence-corrected chi connectivity index (χ0v) is 14.5. The number of hydrogen-bond acceptors (Lipinski definition) is 3. The number of nitrogens with zero attached hydrogens (tertiary/aromatic N) is 1. The van der Waals surface area contributed by atoms with Crippen LogP contribution in [0.25, 0.3) is 0 Å². The third kappa shape index (κ3) is 2.41. The highest BCUT2D eigenvalue weighted by atomic mass is 16.5. The molecule has 5 heteroatoms. The summed E-state index contributed by atoms with van der Waals surface area (Å²) in [5.74, 6) is 1.97. The van der Waals surface area contributed by atoms with E-state index in [2.05, 4.69) is 24.4 Å². The number of carbonyl (C=O) groups excluding carboxylic acids is 1. The van der Waals surface area contributed by atoms with Crippen molar-refractivity contribution in [1.29, 1.82) is 0 Å². The molecule has 24 heavy (non-hydrogen) atoms. The van der Waals surface area contributed by atoms with Crippen LogP contribution in [0.3, 0.4) is 0 Å². The van der Waals surface area contributed by atoms with E-state index in [0.717, 1.165) is 37.3 Å². The van der Waals surface area contributed by atoms with Crippen LogP contribution in [-0.2, 0) is 0 Å². The topological polar surface area (TPSA) is 50.8 Å². The van der Waals surface area contributed by atoms with Crippen molar-refractivity contribution in [2.45, 2.75) is 56.6 Å². The maximum atomic E-state index is 12.0. The number of ether oxygens (including phenoxy) is 2. The van der Waals surface area contributed by atoms with Crippen LogP contribution in [0.2, 0.25) is 0 Å². The molecule has 0 unspecified atom stereocenters. The molecule has 1 aromatic rings. The molecule has 5 nitrogen and oxygen atoms in total. The number of amides is 2. The molecule has 1 aromatic carbocycles. The van der Waals surface area contributed by atoms with Crippen LogP contribution in [0.4, 0.5) is 4.79 Å². The van der Waals surface area contributed by atoms with Gasteiger partial charge in [-0.05, 0) is 56.7 Å². The van der Waals surface area contributed by atoms with Gasteiger partial charge in [0, 0.05) is 19.0 Å². The second-order valence-electron chi connectivity index (χ2n) is 7.44. The second kappa shape index (κ2) is 5.87. The van der Waals surface area contributed by atoms with Crippen molar-refractivity contribution in [3.8, 4) is 11.5 Å². The van der Waals surface area contributed by atoms with Gasteiger partial charge in [-0.25, -0.2) is 4.79 Å². The molecule has 0 bridgehead atoms. The second-order valence-corrected chi connectivity index (χ2v) is 7.44. The normalized spacial score (nSPS) is 29.7. The smallest absolute Gasteiger partial charge is 0.318 e. The SMILES string of the molecule is COc1ccc([C@H]2CCN3C(=O)NC[C@]23C)cc1OC1CCCC1. The lowest BCUT2D eigenvalue weighted by Gasteiger charge is -2.32. The predicted molar refractivity (Wildman–Crippen MR) is 91.7 cm³/mol. The fraction of sp³-hybridized carbons (Fsp3) is 0.632. The van der Waals surface area contributed by atoms with Crippen LogP contribution >= 0.6 is 0 Å². The zero-order valence-electron chi connectivity index (χ0n) is 14.5. The standard InChI is InChI=1S/C19H26N2O3/c1-19-12-20-18(22)21(19)10-9-15(19)13-7-8-16(23-2)17(11-13)24-14-5-3-4-6-14/h7-8,11,14-15H,3-6,9-10,12H2,1-2H3,(H,20,22)/t15-,19-/m1/s1. The van der Waals surface area contributed by atoms with E-state index in [1.54, 1.807) is 7.11 Å². The number of urea groups is 1. The Morgan fingerprint density at radius 1 is 1.21 bits per heavy atom. The first-order chi connectivity index (χ1) is 11.6. The van der Waals surface area contributed by atoms with Gasteiger partial charge in [0.15, 0.2) is 11.5 Å². The number of hydrogen-bond donors (Lipinski definition) is 1. The Hall–Kier alpha value is -1.91. The Labute approximate surface area is 143 Å². The molecule has 0 radical (unpaired) electrons. The van der Waals surface area contributed by atoms with E-state index >= 15 is 0 Å². The number of benzene rings is 1. The van der Waals surface area contributed by atoms with Gasteiger partial charge in [-0.3, -0.25) is 0 Å². The number of methoxy groups -OCH3 is 1. The lowest BCUT2D eigenvalue weighted by Crippen LogP contribution is -2.42. The molecular formula is C19H26N2O3. The molecule has 2 atom stereocenters. The van der Waals surface area contributed by atoms with Crippen molar-refractivity contribution in [3.63, 3.8) is 0 Å². The van der Waals surface area contributed by atoms with Crippen molar-refractivity contribution < 1.29 is 14.3 Å². The highest BCUT2D eigenvalue weighted by Gasteiger charge is 2.52. The summed E-state index contributed by atoms with van der Waals surface area (Å²) in [5, 5.41) is 2.99. The van der Waals surface area contributed by atoms with Crippen LogP contribution < -0.4 is 14.8 Å². The predicted octanol–water partition coefficient (Wildman–Crippen LogP) is 3.29. The van der Waals surface area contributed by atoms with Crippen LogP contribution in [0.5, 0.6) is 11.5 Å². The summed E-state index contributed by atoms with van der Waals surface area (Å²) in [6.45, 7) is 3.71. The first kappa shape index (κ1) is 15.6. The van der Waals surface area contributed by atoms with Gasteiger partial charge in [0.2, 0.25) is 0 Å². The van der Waals surface area contributed by atoms with Gasteiger partial charge in [0.05, 0.1) is 18.8 Å². The minimum atomic E-state index is -0.143. The first-order valence-corrected chi connectivity index (χ1v) is 9.02. The molecule has 3 fully saturated rings. The minimum absolute atomic E-state index is 0.0657. The maximum Gasteiger partial charge on any atom is 0.318 e. The summed E-state index contributed by atoms with van der Waals surface area (Å²) < 4.78 is 11.7. The van der Waals surface area contributed by atoms with Crippen molar-refractivity contribution in [2.24, 2.45) is 0 Å². The molecule has 2 heterocycles. The van der Waals surface area contributed by atoms with Crippen molar-refractivity contribution in [1.82, 2.24) is 10.2 Å². The number of fused-ring (bicyclic) bond motifs is 1. The Bertz CT molecular complexity index is 641. The van der Waals surface area contributed by atoms with E-state index in [-0.39, 0.29) is 11.6 Å². The van der Waals surface area contributed by atoms with E-state index in [0.29, 0.717) is 18.6 Å². The van der Waals surface area contributed by atoms with E-state index < -0.39 is 0 Å². The summed E-state index contributed by atoms with van der Waals surface area (Å²) in [7, 11) is 1.69. The molecular weight excluding hydrogens is 304 g/mol. The van der Waals surface area contributed by atoms with Gasteiger partial charge < -0.3 is 19.7 Å². The number of carbonyl (C=O) groups is 1. The quantitative estimate of drug-likeness (QED) is 0.922. The maximum absolute atomic E-state index is 12.0. The van der Waals surface area contributed by atoms with Crippen LogP contribution in [-0.4, -0.2) is 42.8 Å². The minimum Gasteiger partial charge on any atom is -0.493 e. The fourth-order valence-electron chi connectivity index (χ4n) is 4.63. The van der Waals surface area contributed by atoms with Crippen molar-refractivity contribution in [2.75, 3.05) is 20.2 Å². The Kier molecular flexibility index (Phi) is 3.82.